The zero-order valence-electron chi connectivity index (χ0n) is 12.6. The van der Waals surface area contributed by atoms with Gasteiger partial charge < -0.3 is 10.3 Å². The molecular weight excluding hydrogens is 292 g/mol. The molecule has 6 nitrogen and oxygen atoms in total. The molecule has 0 saturated carbocycles. The summed E-state index contributed by atoms with van der Waals surface area (Å²) in [5.74, 6) is -0.274. The van der Waals surface area contributed by atoms with Crippen LogP contribution in [0.1, 0.15) is 23.0 Å². The molecule has 0 radical (unpaired) electrons. The number of carbonyl (C=O) groups is 1. The highest BCUT2D eigenvalue weighted by Gasteiger charge is 2.14. The van der Waals surface area contributed by atoms with Crippen LogP contribution in [-0.2, 0) is 6.42 Å². The topological polar surface area (TPSA) is 87.7 Å². The highest BCUT2D eigenvalue weighted by molar-refractivity contribution is 6.06. The first kappa shape index (κ1) is 14.9. The molecular formula is C17H16N4O2. The van der Waals surface area contributed by atoms with E-state index < -0.39 is 0 Å². The third-order valence-corrected chi connectivity index (χ3v) is 3.50. The number of carbonyl (C=O) groups excluding carboxylic acids is 1. The molecule has 2 heterocycles. The van der Waals surface area contributed by atoms with Crippen molar-refractivity contribution >= 4 is 16.8 Å². The first-order valence-corrected chi connectivity index (χ1v) is 7.31. The van der Waals surface area contributed by atoms with E-state index in [4.69, 9.17) is 0 Å². The fourth-order valence-electron chi connectivity index (χ4n) is 2.49. The van der Waals surface area contributed by atoms with Gasteiger partial charge in [0, 0.05) is 48.0 Å². The number of hydrogen-bond acceptors (Lipinski definition) is 4. The fourth-order valence-corrected chi connectivity index (χ4v) is 2.49. The summed E-state index contributed by atoms with van der Waals surface area (Å²) in [4.78, 5) is 35.2. The number of rotatable bonds is 4. The summed E-state index contributed by atoms with van der Waals surface area (Å²) in [5, 5.41) is 3.62. The lowest BCUT2D eigenvalue weighted by Gasteiger charge is -2.14. The van der Waals surface area contributed by atoms with Gasteiger partial charge in [-0.1, -0.05) is 18.2 Å². The number of hydrogen-bond donors (Lipinski definition) is 2. The molecule has 1 atom stereocenters. The molecule has 0 unspecified atom stereocenters. The molecule has 0 saturated heterocycles. The van der Waals surface area contributed by atoms with Gasteiger partial charge in [0.15, 0.2) is 0 Å². The van der Waals surface area contributed by atoms with Crippen molar-refractivity contribution in [2.24, 2.45) is 0 Å². The minimum Gasteiger partial charge on any atom is -0.349 e. The van der Waals surface area contributed by atoms with Crippen molar-refractivity contribution in [2.75, 3.05) is 0 Å². The lowest BCUT2D eigenvalue weighted by molar-refractivity contribution is 0.0941. The maximum Gasteiger partial charge on any atom is 0.252 e. The minimum absolute atomic E-state index is 0.128. The van der Waals surface area contributed by atoms with Crippen molar-refractivity contribution in [3.63, 3.8) is 0 Å². The summed E-state index contributed by atoms with van der Waals surface area (Å²) >= 11 is 0. The van der Waals surface area contributed by atoms with Gasteiger partial charge >= 0.3 is 0 Å². The molecule has 3 rings (SSSR count). The first-order valence-electron chi connectivity index (χ1n) is 7.31. The number of amides is 1. The molecule has 2 N–H and O–H groups in total. The number of aromatic amines is 1. The summed E-state index contributed by atoms with van der Waals surface area (Å²) in [7, 11) is 0. The van der Waals surface area contributed by atoms with Crippen LogP contribution in [0.2, 0.25) is 0 Å². The first-order chi connectivity index (χ1) is 11.1. The molecule has 0 aliphatic heterocycles. The van der Waals surface area contributed by atoms with E-state index >= 15 is 0 Å². The number of para-hydroxylation sites is 1. The van der Waals surface area contributed by atoms with E-state index in [0.717, 1.165) is 11.1 Å². The zero-order valence-corrected chi connectivity index (χ0v) is 12.6. The SMILES string of the molecule is C[C@H](Cc1cnccn1)NC(=O)c1cc(=O)[nH]c2ccccc12. The van der Waals surface area contributed by atoms with Gasteiger partial charge in [-0.15, -0.1) is 0 Å². The van der Waals surface area contributed by atoms with Crippen LogP contribution in [0.4, 0.5) is 0 Å². The van der Waals surface area contributed by atoms with E-state index in [1.54, 1.807) is 24.7 Å². The van der Waals surface area contributed by atoms with Gasteiger partial charge in [0.1, 0.15) is 0 Å². The number of aromatic nitrogens is 3. The normalized spacial score (nSPS) is 12.0. The van der Waals surface area contributed by atoms with E-state index in [-0.39, 0.29) is 17.5 Å². The van der Waals surface area contributed by atoms with Crippen LogP contribution in [0, 0.1) is 0 Å². The van der Waals surface area contributed by atoms with Crippen molar-refractivity contribution in [1.82, 2.24) is 20.3 Å². The number of nitrogens with zero attached hydrogens (tertiary/aromatic N) is 2. The molecule has 23 heavy (non-hydrogen) atoms. The van der Waals surface area contributed by atoms with Crippen molar-refractivity contribution < 1.29 is 4.79 Å². The molecule has 0 bridgehead atoms. The Kier molecular flexibility index (Phi) is 4.14. The number of pyridine rings is 1. The number of H-pyrrole nitrogens is 1. The summed E-state index contributed by atoms with van der Waals surface area (Å²) in [6.07, 6.45) is 5.47. The molecule has 0 aliphatic carbocycles. The molecule has 0 aliphatic rings. The zero-order chi connectivity index (χ0) is 16.2. The highest BCUT2D eigenvalue weighted by atomic mass is 16.2. The van der Waals surface area contributed by atoms with Crippen LogP contribution in [0.25, 0.3) is 10.9 Å². The molecule has 6 heteroatoms. The van der Waals surface area contributed by atoms with Crippen LogP contribution in [0.15, 0.2) is 53.7 Å². The highest BCUT2D eigenvalue weighted by Crippen LogP contribution is 2.14. The Morgan fingerprint density at radius 3 is 2.91 bits per heavy atom. The smallest absolute Gasteiger partial charge is 0.252 e. The number of nitrogens with one attached hydrogen (secondary N) is 2. The van der Waals surface area contributed by atoms with Gasteiger partial charge in [-0.3, -0.25) is 19.6 Å². The molecule has 1 amide bonds. The average Bonchev–Trinajstić information content (AvgIpc) is 2.54. The summed E-state index contributed by atoms with van der Waals surface area (Å²) in [5.41, 5.74) is 1.52. The second kappa shape index (κ2) is 6.39. The van der Waals surface area contributed by atoms with Crippen molar-refractivity contribution in [1.29, 1.82) is 0 Å². The van der Waals surface area contributed by atoms with Gasteiger partial charge in [0.2, 0.25) is 5.56 Å². The van der Waals surface area contributed by atoms with Crippen LogP contribution < -0.4 is 10.9 Å². The van der Waals surface area contributed by atoms with Crippen molar-refractivity contribution in [3.05, 3.63) is 70.5 Å². The van der Waals surface area contributed by atoms with E-state index in [2.05, 4.69) is 20.3 Å². The Balaban J connectivity index is 1.82. The molecule has 0 spiro atoms. The van der Waals surface area contributed by atoms with E-state index in [1.165, 1.54) is 6.07 Å². The van der Waals surface area contributed by atoms with E-state index in [0.29, 0.717) is 17.5 Å². The molecule has 116 valence electrons. The maximum absolute atomic E-state index is 12.5. The predicted octanol–water partition coefficient (Wildman–Crippen LogP) is 1.68. The second-order valence-electron chi connectivity index (χ2n) is 5.37. The lowest BCUT2D eigenvalue weighted by atomic mass is 10.1. The van der Waals surface area contributed by atoms with Gasteiger partial charge in [-0.05, 0) is 13.0 Å². The van der Waals surface area contributed by atoms with Crippen molar-refractivity contribution in [3.8, 4) is 0 Å². The van der Waals surface area contributed by atoms with Gasteiger partial charge in [-0.25, -0.2) is 0 Å². The predicted molar refractivity (Wildman–Crippen MR) is 87.2 cm³/mol. The van der Waals surface area contributed by atoms with Crippen LogP contribution in [-0.4, -0.2) is 26.9 Å². The quantitative estimate of drug-likeness (QED) is 0.767. The standard InChI is InChI=1S/C17H16N4O2/c1-11(8-12-10-18-6-7-19-12)20-17(23)14-9-16(22)21-15-5-3-2-4-13(14)15/h2-7,9-11H,8H2,1H3,(H,20,23)(H,21,22)/t11-/m1/s1. The Morgan fingerprint density at radius 1 is 1.30 bits per heavy atom. The maximum atomic E-state index is 12.5. The molecule has 1 aromatic carbocycles. The molecule has 0 fully saturated rings. The molecule has 3 aromatic rings. The summed E-state index contributed by atoms with van der Waals surface area (Å²) in [6.45, 7) is 1.89. The lowest BCUT2D eigenvalue weighted by Crippen LogP contribution is -2.35. The van der Waals surface area contributed by atoms with E-state index in [9.17, 15) is 9.59 Å². The largest absolute Gasteiger partial charge is 0.349 e. The van der Waals surface area contributed by atoms with Crippen LogP contribution >= 0.6 is 0 Å². The summed E-state index contributed by atoms with van der Waals surface area (Å²) in [6, 6.07) is 8.44. The van der Waals surface area contributed by atoms with Crippen LogP contribution in [0.3, 0.4) is 0 Å². The third-order valence-electron chi connectivity index (χ3n) is 3.50. The minimum atomic E-state index is -0.296. The molecule has 2 aromatic heterocycles. The fraction of sp³-hybridized carbons (Fsp3) is 0.176. The Labute approximate surface area is 132 Å². The number of benzene rings is 1. The van der Waals surface area contributed by atoms with Gasteiger partial charge in [0.05, 0.1) is 11.3 Å². The van der Waals surface area contributed by atoms with E-state index in [1.807, 2.05) is 25.1 Å². The Morgan fingerprint density at radius 2 is 2.13 bits per heavy atom. The van der Waals surface area contributed by atoms with Crippen molar-refractivity contribution in [2.45, 2.75) is 19.4 Å². The van der Waals surface area contributed by atoms with Gasteiger partial charge in [0.25, 0.3) is 5.91 Å². The summed E-state index contributed by atoms with van der Waals surface area (Å²) < 4.78 is 0. The Hall–Kier alpha value is -3.02. The Bertz CT molecular complexity index is 890. The number of fused-ring (bicyclic) bond motifs is 1. The van der Waals surface area contributed by atoms with Crippen LogP contribution in [0.5, 0.6) is 0 Å². The second-order valence-corrected chi connectivity index (χ2v) is 5.37. The van der Waals surface area contributed by atoms with Gasteiger partial charge in [-0.2, -0.15) is 0 Å². The average molecular weight is 308 g/mol. The monoisotopic (exact) mass is 308 g/mol. The third kappa shape index (κ3) is 3.42.